The molecule has 0 saturated carbocycles. The molecule has 1 aliphatic heterocycles. The first-order valence-corrected chi connectivity index (χ1v) is 10.9. The van der Waals surface area contributed by atoms with Gasteiger partial charge in [0.2, 0.25) is 23.6 Å². The van der Waals surface area contributed by atoms with E-state index in [1.54, 1.807) is 20.8 Å². The lowest BCUT2D eigenvalue weighted by atomic mass is 10.0. The maximum atomic E-state index is 12.9. The number of carbonyl (C=O) groups excluding carboxylic acids is 4. The van der Waals surface area contributed by atoms with E-state index in [0.717, 1.165) is 12.8 Å². The number of carboxylic acid groups (broad SMARTS) is 1. The van der Waals surface area contributed by atoms with Crippen molar-refractivity contribution < 1.29 is 29.1 Å². The number of aliphatic carboxylic acids is 1. The molecule has 0 unspecified atom stereocenters. The molecule has 1 fully saturated rings. The fourth-order valence-corrected chi connectivity index (χ4v) is 3.43. The van der Waals surface area contributed by atoms with Crippen LogP contribution < -0.4 is 16.0 Å². The molecule has 0 radical (unpaired) electrons. The van der Waals surface area contributed by atoms with E-state index in [9.17, 15) is 29.1 Å². The second-order valence-corrected chi connectivity index (χ2v) is 8.38. The molecule has 0 spiro atoms. The van der Waals surface area contributed by atoms with Crippen molar-refractivity contribution in [3.05, 3.63) is 0 Å². The third-order valence-corrected chi connectivity index (χ3v) is 5.33. The zero-order valence-corrected chi connectivity index (χ0v) is 19.1. The number of carboxylic acids is 1. The minimum atomic E-state index is -1.13. The van der Waals surface area contributed by atoms with Gasteiger partial charge in [0.25, 0.3) is 0 Å². The number of hydrogen-bond donors (Lipinski definition) is 4. The number of carbonyl (C=O) groups is 5. The highest BCUT2D eigenvalue weighted by Gasteiger charge is 2.38. The summed E-state index contributed by atoms with van der Waals surface area (Å²) in [4.78, 5) is 62.4. The SMILES string of the molecule is CCCCC(=O)N[C@@H](C)C(=O)N[C@@H](C)C(=O)N1CCC[C@@H]1C(=O)N[C@H](C(=O)O)C(C)C. The smallest absolute Gasteiger partial charge is 0.326 e. The van der Waals surface area contributed by atoms with Gasteiger partial charge in [0.1, 0.15) is 24.2 Å². The quantitative estimate of drug-likeness (QED) is 0.366. The third kappa shape index (κ3) is 7.84. The predicted molar refractivity (Wildman–Crippen MR) is 114 cm³/mol. The molecule has 1 heterocycles. The van der Waals surface area contributed by atoms with Gasteiger partial charge < -0.3 is 26.0 Å². The Bertz CT molecular complexity index is 681. The van der Waals surface area contributed by atoms with Crippen LogP contribution in [-0.4, -0.2) is 70.3 Å². The zero-order valence-electron chi connectivity index (χ0n) is 19.1. The van der Waals surface area contributed by atoms with E-state index < -0.39 is 47.9 Å². The van der Waals surface area contributed by atoms with Gasteiger partial charge in [-0.1, -0.05) is 27.2 Å². The van der Waals surface area contributed by atoms with Crippen molar-refractivity contribution in [2.75, 3.05) is 6.54 Å². The minimum absolute atomic E-state index is 0.224. The molecule has 0 aliphatic carbocycles. The second-order valence-electron chi connectivity index (χ2n) is 8.38. The molecule has 0 bridgehead atoms. The van der Waals surface area contributed by atoms with E-state index >= 15 is 0 Å². The summed E-state index contributed by atoms with van der Waals surface area (Å²) < 4.78 is 0. The zero-order chi connectivity index (χ0) is 23.7. The summed E-state index contributed by atoms with van der Waals surface area (Å²) in [5, 5.41) is 17.0. The van der Waals surface area contributed by atoms with Crippen LogP contribution in [0, 0.1) is 5.92 Å². The van der Waals surface area contributed by atoms with Crippen LogP contribution in [0.25, 0.3) is 0 Å². The van der Waals surface area contributed by atoms with E-state index in [1.807, 2.05) is 6.92 Å². The molecule has 1 aliphatic rings. The molecule has 0 aromatic rings. The summed E-state index contributed by atoms with van der Waals surface area (Å²) in [7, 11) is 0. The molecule has 10 heteroatoms. The van der Waals surface area contributed by atoms with Crippen molar-refractivity contribution >= 4 is 29.6 Å². The number of nitrogens with one attached hydrogen (secondary N) is 3. The third-order valence-electron chi connectivity index (χ3n) is 5.33. The number of amides is 4. The van der Waals surface area contributed by atoms with Crippen LogP contribution in [0.15, 0.2) is 0 Å². The van der Waals surface area contributed by atoms with Gasteiger partial charge in [-0.2, -0.15) is 0 Å². The summed E-state index contributed by atoms with van der Waals surface area (Å²) in [6, 6.07) is -3.51. The maximum absolute atomic E-state index is 12.9. The van der Waals surface area contributed by atoms with Crippen LogP contribution in [-0.2, 0) is 24.0 Å². The summed E-state index contributed by atoms with van der Waals surface area (Å²) in [5.74, 6) is -3.09. The van der Waals surface area contributed by atoms with Crippen molar-refractivity contribution in [1.29, 1.82) is 0 Å². The molecule has 31 heavy (non-hydrogen) atoms. The Morgan fingerprint density at radius 3 is 2.19 bits per heavy atom. The minimum Gasteiger partial charge on any atom is -0.480 e. The molecule has 176 valence electrons. The lowest BCUT2D eigenvalue weighted by Crippen LogP contribution is -2.56. The topological polar surface area (TPSA) is 145 Å². The molecule has 4 amide bonds. The average Bonchev–Trinajstić information content (AvgIpc) is 3.18. The first kappa shape index (κ1) is 26.4. The van der Waals surface area contributed by atoms with E-state index in [1.165, 1.54) is 11.8 Å². The standard InChI is InChI=1S/C21H36N4O6/c1-6-7-10-16(26)22-13(4)18(27)23-14(5)20(29)25-11-8-9-15(25)19(28)24-17(12(2)3)21(30)31/h12-15,17H,6-11H2,1-5H3,(H,22,26)(H,23,27)(H,24,28)(H,30,31)/t13-,14-,15+,17-/m0/s1. The fraction of sp³-hybridized carbons (Fsp3) is 0.762. The van der Waals surface area contributed by atoms with Gasteiger partial charge >= 0.3 is 5.97 Å². The molecular formula is C21H36N4O6. The van der Waals surface area contributed by atoms with Crippen LogP contribution in [0.4, 0.5) is 0 Å². The Morgan fingerprint density at radius 1 is 1.00 bits per heavy atom. The maximum Gasteiger partial charge on any atom is 0.326 e. The Labute approximate surface area is 183 Å². The Hall–Kier alpha value is -2.65. The van der Waals surface area contributed by atoms with Gasteiger partial charge in [0.15, 0.2) is 0 Å². The Balaban J connectivity index is 2.69. The summed E-state index contributed by atoms with van der Waals surface area (Å²) >= 11 is 0. The number of rotatable bonds is 11. The molecule has 0 aromatic carbocycles. The predicted octanol–water partition coefficient (Wildman–Crippen LogP) is 0.402. The van der Waals surface area contributed by atoms with Gasteiger partial charge in [0, 0.05) is 13.0 Å². The molecule has 1 rings (SSSR count). The van der Waals surface area contributed by atoms with Crippen LogP contribution in [0.1, 0.15) is 66.7 Å². The van der Waals surface area contributed by atoms with E-state index in [2.05, 4.69) is 16.0 Å². The van der Waals surface area contributed by atoms with Crippen molar-refractivity contribution in [2.24, 2.45) is 5.92 Å². The fourth-order valence-electron chi connectivity index (χ4n) is 3.43. The number of likely N-dealkylation sites (tertiary alicyclic amines) is 1. The van der Waals surface area contributed by atoms with E-state index in [4.69, 9.17) is 0 Å². The van der Waals surface area contributed by atoms with Crippen LogP contribution in [0.3, 0.4) is 0 Å². The normalized spacial score (nSPS) is 18.8. The van der Waals surface area contributed by atoms with Gasteiger partial charge in [-0.3, -0.25) is 19.2 Å². The molecular weight excluding hydrogens is 404 g/mol. The number of unbranched alkanes of at least 4 members (excludes halogenated alkanes) is 1. The number of nitrogens with zero attached hydrogens (tertiary/aromatic N) is 1. The average molecular weight is 441 g/mol. The number of hydrogen-bond acceptors (Lipinski definition) is 5. The van der Waals surface area contributed by atoms with E-state index in [0.29, 0.717) is 25.8 Å². The van der Waals surface area contributed by atoms with Gasteiger partial charge in [-0.15, -0.1) is 0 Å². The summed E-state index contributed by atoms with van der Waals surface area (Å²) in [5.41, 5.74) is 0. The lowest BCUT2D eigenvalue weighted by Gasteiger charge is -2.29. The first-order chi connectivity index (χ1) is 14.5. The highest BCUT2D eigenvalue weighted by atomic mass is 16.4. The lowest BCUT2D eigenvalue weighted by molar-refractivity contribution is -0.145. The van der Waals surface area contributed by atoms with Crippen molar-refractivity contribution in [3.8, 4) is 0 Å². The summed E-state index contributed by atoms with van der Waals surface area (Å²) in [6.45, 7) is 8.76. The highest BCUT2D eigenvalue weighted by Crippen LogP contribution is 2.19. The van der Waals surface area contributed by atoms with Crippen molar-refractivity contribution in [1.82, 2.24) is 20.9 Å². The molecule has 1 saturated heterocycles. The van der Waals surface area contributed by atoms with Crippen LogP contribution in [0.2, 0.25) is 0 Å². The Kier molecular flexibility index (Phi) is 10.4. The van der Waals surface area contributed by atoms with E-state index in [-0.39, 0.29) is 11.8 Å². The Morgan fingerprint density at radius 2 is 1.65 bits per heavy atom. The first-order valence-electron chi connectivity index (χ1n) is 10.9. The van der Waals surface area contributed by atoms with Crippen molar-refractivity contribution in [3.63, 3.8) is 0 Å². The second kappa shape index (κ2) is 12.3. The van der Waals surface area contributed by atoms with Crippen LogP contribution in [0.5, 0.6) is 0 Å². The molecule has 0 aromatic heterocycles. The van der Waals surface area contributed by atoms with Gasteiger partial charge in [-0.05, 0) is 39.0 Å². The van der Waals surface area contributed by atoms with Crippen LogP contribution >= 0.6 is 0 Å². The molecule has 4 atom stereocenters. The molecule has 4 N–H and O–H groups in total. The highest BCUT2D eigenvalue weighted by molar-refractivity contribution is 5.95. The van der Waals surface area contributed by atoms with Gasteiger partial charge in [0.05, 0.1) is 0 Å². The summed E-state index contributed by atoms with van der Waals surface area (Å²) in [6.07, 6.45) is 2.96. The largest absolute Gasteiger partial charge is 0.480 e. The monoisotopic (exact) mass is 440 g/mol. The molecule has 10 nitrogen and oxygen atoms in total. The van der Waals surface area contributed by atoms with Gasteiger partial charge in [-0.25, -0.2) is 4.79 Å². The van der Waals surface area contributed by atoms with Crippen molar-refractivity contribution in [2.45, 2.75) is 90.9 Å².